The van der Waals surface area contributed by atoms with Crippen LogP contribution in [0.1, 0.15) is 22.8 Å². The fraction of sp³-hybridized carbons (Fsp3) is 0.417. The largest absolute Gasteiger partial charge is 0.492 e. The number of ether oxygens (including phenoxy) is 1. The lowest BCUT2D eigenvalue weighted by atomic mass is 10.1. The molecule has 0 aliphatic heterocycles. The first-order chi connectivity index (χ1) is 7.66. The van der Waals surface area contributed by atoms with E-state index in [0.717, 1.165) is 11.5 Å². The van der Waals surface area contributed by atoms with E-state index in [1.54, 1.807) is 36.9 Å². The minimum atomic E-state index is -0.911. The summed E-state index contributed by atoms with van der Waals surface area (Å²) in [6.45, 7) is 4.48. The Morgan fingerprint density at radius 2 is 2.25 bits per heavy atom. The van der Waals surface area contributed by atoms with Gasteiger partial charge in [0.2, 0.25) is 0 Å². The molecular formula is C12H16O3S. The summed E-state index contributed by atoms with van der Waals surface area (Å²) in [4.78, 5) is 10.9. The second kappa shape index (κ2) is 6.43. The number of hydrogen-bond acceptors (Lipinski definition) is 3. The van der Waals surface area contributed by atoms with Crippen molar-refractivity contribution in [1.29, 1.82) is 0 Å². The van der Waals surface area contributed by atoms with Crippen LogP contribution >= 0.6 is 11.8 Å². The van der Waals surface area contributed by atoms with E-state index in [1.165, 1.54) is 0 Å². The zero-order chi connectivity index (χ0) is 12.0. The standard InChI is InChI=1S/C12H16O3S/c1-3-16-8-7-15-11-6-4-5-10(9(11)2)12(13)14/h4-6H,3,7-8H2,1-2H3,(H,13,14). The van der Waals surface area contributed by atoms with Crippen LogP contribution in [0.2, 0.25) is 0 Å². The topological polar surface area (TPSA) is 46.5 Å². The normalized spacial score (nSPS) is 10.1. The molecule has 0 amide bonds. The van der Waals surface area contributed by atoms with E-state index in [4.69, 9.17) is 9.84 Å². The number of benzene rings is 1. The van der Waals surface area contributed by atoms with E-state index in [2.05, 4.69) is 6.92 Å². The summed E-state index contributed by atoms with van der Waals surface area (Å²) in [5.74, 6) is 1.74. The second-order valence-electron chi connectivity index (χ2n) is 3.28. The number of carboxylic acids is 1. The van der Waals surface area contributed by atoms with Crippen LogP contribution in [-0.4, -0.2) is 29.2 Å². The van der Waals surface area contributed by atoms with Crippen molar-refractivity contribution in [2.45, 2.75) is 13.8 Å². The number of rotatable bonds is 6. The van der Waals surface area contributed by atoms with Crippen LogP contribution in [0, 0.1) is 6.92 Å². The maximum Gasteiger partial charge on any atom is 0.336 e. The highest BCUT2D eigenvalue weighted by Gasteiger charge is 2.10. The Kier molecular flexibility index (Phi) is 5.19. The van der Waals surface area contributed by atoms with Gasteiger partial charge in [0.05, 0.1) is 12.2 Å². The summed E-state index contributed by atoms with van der Waals surface area (Å²) in [7, 11) is 0. The van der Waals surface area contributed by atoms with Crippen molar-refractivity contribution in [3.8, 4) is 5.75 Å². The third-order valence-corrected chi connectivity index (χ3v) is 3.07. The Bertz CT molecular complexity index is 363. The lowest BCUT2D eigenvalue weighted by Gasteiger charge is -2.10. The molecule has 88 valence electrons. The molecule has 0 radical (unpaired) electrons. The maximum absolute atomic E-state index is 10.9. The van der Waals surface area contributed by atoms with Crippen molar-refractivity contribution in [2.24, 2.45) is 0 Å². The van der Waals surface area contributed by atoms with Crippen LogP contribution in [0.3, 0.4) is 0 Å². The molecule has 0 aliphatic carbocycles. The summed E-state index contributed by atoms with van der Waals surface area (Å²) in [6.07, 6.45) is 0. The smallest absolute Gasteiger partial charge is 0.336 e. The van der Waals surface area contributed by atoms with Gasteiger partial charge in [0.1, 0.15) is 5.75 Å². The van der Waals surface area contributed by atoms with Crippen molar-refractivity contribution < 1.29 is 14.6 Å². The van der Waals surface area contributed by atoms with Crippen LogP contribution < -0.4 is 4.74 Å². The van der Waals surface area contributed by atoms with Gasteiger partial charge in [-0.25, -0.2) is 4.79 Å². The number of carbonyl (C=O) groups is 1. The van der Waals surface area contributed by atoms with E-state index in [0.29, 0.717) is 23.5 Å². The molecule has 1 aromatic rings. The SMILES string of the molecule is CCSCCOc1cccc(C(=O)O)c1C. The predicted octanol–water partition coefficient (Wildman–Crippen LogP) is 2.83. The number of carboxylic acid groups (broad SMARTS) is 1. The quantitative estimate of drug-likeness (QED) is 0.777. The molecule has 0 bridgehead atoms. The first-order valence-electron chi connectivity index (χ1n) is 5.20. The Morgan fingerprint density at radius 1 is 1.50 bits per heavy atom. The van der Waals surface area contributed by atoms with Crippen LogP contribution in [0.4, 0.5) is 0 Å². The van der Waals surface area contributed by atoms with Crippen LogP contribution in [0.15, 0.2) is 18.2 Å². The molecule has 1 N–H and O–H groups in total. The third-order valence-electron chi connectivity index (χ3n) is 2.20. The molecule has 4 heteroatoms. The van der Waals surface area contributed by atoms with Crippen molar-refractivity contribution in [2.75, 3.05) is 18.1 Å². The van der Waals surface area contributed by atoms with Gasteiger partial charge >= 0.3 is 5.97 Å². The highest BCUT2D eigenvalue weighted by atomic mass is 32.2. The van der Waals surface area contributed by atoms with Crippen LogP contribution in [0.5, 0.6) is 5.75 Å². The fourth-order valence-corrected chi connectivity index (χ4v) is 1.85. The van der Waals surface area contributed by atoms with Gasteiger partial charge in [0.25, 0.3) is 0 Å². The molecule has 0 fully saturated rings. The Morgan fingerprint density at radius 3 is 2.88 bits per heavy atom. The first-order valence-corrected chi connectivity index (χ1v) is 6.35. The molecule has 0 aromatic heterocycles. The second-order valence-corrected chi connectivity index (χ2v) is 4.67. The third kappa shape index (κ3) is 3.45. The van der Waals surface area contributed by atoms with Gasteiger partial charge in [-0.1, -0.05) is 13.0 Å². The summed E-state index contributed by atoms with van der Waals surface area (Å²) >= 11 is 1.80. The molecule has 0 heterocycles. The van der Waals surface area contributed by atoms with Gasteiger partial charge in [-0.15, -0.1) is 0 Å². The Labute approximate surface area is 99.8 Å². The van der Waals surface area contributed by atoms with E-state index < -0.39 is 5.97 Å². The average Bonchev–Trinajstić information content (AvgIpc) is 2.26. The van der Waals surface area contributed by atoms with Gasteiger partial charge in [-0.3, -0.25) is 0 Å². The molecule has 0 aliphatic rings. The van der Waals surface area contributed by atoms with E-state index in [-0.39, 0.29) is 0 Å². The monoisotopic (exact) mass is 240 g/mol. The predicted molar refractivity (Wildman–Crippen MR) is 66.6 cm³/mol. The molecule has 0 unspecified atom stereocenters. The van der Waals surface area contributed by atoms with Crippen molar-refractivity contribution in [1.82, 2.24) is 0 Å². The van der Waals surface area contributed by atoms with E-state index >= 15 is 0 Å². The Balaban J connectivity index is 2.66. The van der Waals surface area contributed by atoms with Gasteiger partial charge < -0.3 is 9.84 Å². The van der Waals surface area contributed by atoms with E-state index in [9.17, 15) is 4.79 Å². The number of aromatic carboxylic acids is 1. The van der Waals surface area contributed by atoms with Gasteiger partial charge in [-0.2, -0.15) is 11.8 Å². The molecule has 0 spiro atoms. The van der Waals surface area contributed by atoms with E-state index in [1.807, 2.05) is 0 Å². The lowest BCUT2D eigenvalue weighted by Crippen LogP contribution is -2.05. The average molecular weight is 240 g/mol. The highest BCUT2D eigenvalue weighted by Crippen LogP contribution is 2.21. The zero-order valence-electron chi connectivity index (χ0n) is 9.53. The van der Waals surface area contributed by atoms with Gasteiger partial charge in [0.15, 0.2) is 0 Å². The Hall–Kier alpha value is -1.16. The van der Waals surface area contributed by atoms with Crippen molar-refractivity contribution in [3.63, 3.8) is 0 Å². The highest BCUT2D eigenvalue weighted by molar-refractivity contribution is 7.99. The van der Waals surface area contributed by atoms with Crippen LogP contribution in [-0.2, 0) is 0 Å². The van der Waals surface area contributed by atoms with Crippen molar-refractivity contribution >= 4 is 17.7 Å². The molecule has 0 saturated carbocycles. The molecule has 16 heavy (non-hydrogen) atoms. The molecular weight excluding hydrogens is 224 g/mol. The fourth-order valence-electron chi connectivity index (χ4n) is 1.36. The van der Waals surface area contributed by atoms with Gasteiger partial charge in [0, 0.05) is 11.3 Å². The minimum Gasteiger partial charge on any atom is -0.492 e. The molecule has 1 aromatic carbocycles. The molecule has 0 saturated heterocycles. The van der Waals surface area contributed by atoms with Crippen LogP contribution in [0.25, 0.3) is 0 Å². The maximum atomic E-state index is 10.9. The van der Waals surface area contributed by atoms with Gasteiger partial charge in [-0.05, 0) is 24.8 Å². The number of hydrogen-bond donors (Lipinski definition) is 1. The molecule has 0 atom stereocenters. The first kappa shape index (κ1) is 12.9. The van der Waals surface area contributed by atoms with Crippen molar-refractivity contribution in [3.05, 3.63) is 29.3 Å². The number of thioether (sulfide) groups is 1. The summed E-state index contributed by atoms with van der Waals surface area (Å²) in [6, 6.07) is 5.10. The zero-order valence-corrected chi connectivity index (χ0v) is 10.3. The summed E-state index contributed by atoms with van der Waals surface area (Å²) < 4.78 is 5.55. The lowest BCUT2D eigenvalue weighted by molar-refractivity contribution is 0.0695. The molecule has 3 nitrogen and oxygen atoms in total. The minimum absolute atomic E-state index is 0.306. The molecule has 1 rings (SSSR count). The summed E-state index contributed by atoms with van der Waals surface area (Å²) in [5, 5.41) is 8.94. The summed E-state index contributed by atoms with van der Waals surface area (Å²) in [5.41, 5.74) is 0.997.